The van der Waals surface area contributed by atoms with Gasteiger partial charge in [-0.2, -0.15) is 0 Å². The number of hydrogen-bond donors (Lipinski definition) is 6. The Kier molecular flexibility index (Phi) is 17.4. The summed E-state index contributed by atoms with van der Waals surface area (Å²) in [7, 11) is 0. The van der Waals surface area contributed by atoms with Crippen LogP contribution in [-0.4, -0.2) is 77.0 Å². The van der Waals surface area contributed by atoms with Crippen LogP contribution in [0.5, 0.6) is 0 Å². The topological polar surface area (TPSA) is 232 Å². The molecule has 3 aromatic carbocycles. The predicted octanol–water partition coefficient (Wildman–Crippen LogP) is 2.11. The highest BCUT2D eigenvalue weighted by Crippen LogP contribution is 2.15. The summed E-state index contributed by atoms with van der Waals surface area (Å²) in [5.41, 5.74) is 18.1. The lowest BCUT2D eigenvalue weighted by atomic mass is 9.99. The molecule has 0 fully saturated rings. The van der Waals surface area contributed by atoms with Crippen molar-refractivity contribution in [1.82, 2.24) is 20.9 Å². The van der Waals surface area contributed by atoms with Crippen molar-refractivity contribution in [2.24, 2.45) is 28.1 Å². The van der Waals surface area contributed by atoms with Crippen molar-refractivity contribution in [3.8, 4) is 0 Å². The molecule has 4 unspecified atom stereocenters. The number of aliphatic imine (C=N–C) groups is 1. The van der Waals surface area contributed by atoms with Crippen LogP contribution in [0.25, 0.3) is 6.08 Å². The van der Waals surface area contributed by atoms with Gasteiger partial charge in [0, 0.05) is 32.4 Å². The quantitative estimate of drug-likeness (QED) is 0.0430. The van der Waals surface area contributed by atoms with E-state index in [1.165, 1.54) is 36.4 Å². The molecule has 0 radical (unpaired) electrons. The maximum Gasteiger partial charge on any atom is 0.253 e. The molecule has 6 amide bonds. The molecule has 0 heterocycles. The van der Waals surface area contributed by atoms with Gasteiger partial charge in [0.25, 0.3) is 5.91 Å². The fraction of sp³-hybridized carbons (Fsp3) is 0.341. The number of rotatable bonds is 20. The van der Waals surface area contributed by atoms with Crippen molar-refractivity contribution in [1.29, 1.82) is 0 Å². The SMILES string of the molecule is CC(=O)N(C(=O)/C=C/c1ccccc1)C(Cc1ccc(F)cc1)C(=O)NC(Cc1ccccc1)C(=O)NC(CC(C)C)C(=O)NC(CCCN=C(N)N)C(N)=O. The van der Waals surface area contributed by atoms with E-state index in [-0.39, 0.29) is 44.1 Å². The van der Waals surface area contributed by atoms with Crippen LogP contribution in [0.1, 0.15) is 56.7 Å². The lowest BCUT2D eigenvalue weighted by Crippen LogP contribution is -2.59. The first kappa shape index (κ1) is 44.0. The largest absolute Gasteiger partial charge is 0.370 e. The molecule has 0 aliphatic carbocycles. The molecule has 0 saturated carbocycles. The monoisotopic (exact) mass is 770 g/mol. The summed E-state index contributed by atoms with van der Waals surface area (Å²) >= 11 is 0. The van der Waals surface area contributed by atoms with E-state index in [9.17, 15) is 33.2 Å². The van der Waals surface area contributed by atoms with E-state index in [2.05, 4.69) is 20.9 Å². The molecule has 0 saturated heterocycles. The zero-order chi connectivity index (χ0) is 41.2. The van der Waals surface area contributed by atoms with Gasteiger partial charge in [-0.1, -0.05) is 86.6 Å². The van der Waals surface area contributed by atoms with Crippen molar-refractivity contribution >= 4 is 47.5 Å². The van der Waals surface area contributed by atoms with Gasteiger partial charge in [-0.15, -0.1) is 0 Å². The summed E-state index contributed by atoms with van der Waals surface area (Å²) < 4.78 is 13.9. The highest BCUT2D eigenvalue weighted by Gasteiger charge is 2.36. The number of nitrogens with zero attached hydrogens (tertiary/aromatic N) is 2. The van der Waals surface area contributed by atoms with Crippen LogP contribution in [0.2, 0.25) is 0 Å². The number of amides is 6. The number of nitrogens with two attached hydrogens (primary N) is 3. The second-order valence-corrected chi connectivity index (χ2v) is 13.7. The van der Waals surface area contributed by atoms with Gasteiger partial charge in [-0.05, 0) is 60.1 Å². The van der Waals surface area contributed by atoms with Gasteiger partial charge in [-0.3, -0.25) is 38.7 Å². The number of carbonyl (C=O) groups excluding carboxylic acids is 6. The van der Waals surface area contributed by atoms with Crippen LogP contribution in [0.4, 0.5) is 4.39 Å². The number of benzene rings is 3. The molecule has 298 valence electrons. The van der Waals surface area contributed by atoms with Gasteiger partial charge < -0.3 is 33.2 Å². The van der Waals surface area contributed by atoms with Gasteiger partial charge in [-0.25, -0.2) is 4.39 Å². The first-order valence-electron chi connectivity index (χ1n) is 18.3. The Labute approximate surface area is 326 Å². The minimum Gasteiger partial charge on any atom is -0.370 e. The number of halogens is 1. The molecule has 0 spiro atoms. The number of imide groups is 1. The van der Waals surface area contributed by atoms with Crippen LogP contribution in [0.15, 0.2) is 96.0 Å². The van der Waals surface area contributed by atoms with Crippen molar-refractivity contribution in [2.45, 2.75) is 77.0 Å². The number of primary amides is 1. The van der Waals surface area contributed by atoms with Gasteiger partial charge >= 0.3 is 0 Å². The molecule has 0 bridgehead atoms. The highest BCUT2D eigenvalue weighted by molar-refractivity contribution is 6.06. The summed E-state index contributed by atoms with van der Waals surface area (Å²) in [5.74, 6) is -5.31. The van der Waals surface area contributed by atoms with Crippen LogP contribution < -0.4 is 33.2 Å². The summed E-state index contributed by atoms with van der Waals surface area (Å²) in [5, 5.41) is 8.08. The molecule has 0 aromatic heterocycles. The second-order valence-electron chi connectivity index (χ2n) is 13.7. The molecule has 4 atom stereocenters. The number of nitrogens with one attached hydrogen (secondary N) is 3. The molecule has 3 rings (SSSR count). The van der Waals surface area contributed by atoms with Crippen LogP contribution in [0.3, 0.4) is 0 Å². The van der Waals surface area contributed by atoms with Crippen molar-refractivity contribution in [2.75, 3.05) is 6.54 Å². The molecule has 9 N–H and O–H groups in total. The Morgan fingerprint density at radius 3 is 1.86 bits per heavy atom. The van der Waals surface area contributed by atoms with E-state index < -0.39 is 65.4 Å². The summed E-state index contributed by atoms with van der Waals surface area (Å²) in [6, 6.07) is 17.9. The molecule has 0 aliphatic rings. The van der Waals surface area contributed by atoms with Gasteiger partial charge in [0.15, 0.2) is 5.96 Å². The van der Waals surface area contributed by atoms with Crippen molar-refractivity contribution in [3.63, 3.8) is 0 Å². The number of hydrogen-bond acceptors (Lipinski definition) is 7. The first-order chi connectivity index (χ1) is 26.6. The Morgan fingerprint density at radius 2 is 1.29 bits per heavy atom. The van der Waals surface area contributed by atoms with E-state index in [4.69, 9.17) is 17.2 Å². The van der Waals surface area contributed by atoms with E-state index in [1.807, 2.05) is 13.8 Å². The summed E-state index contributed by atoms with van der Waals surface area (Å²) in [6.45, 7) is 5.03. The minimum atomic E-state index is -1.47. The molecule has 0 aliphatic heterocycles. The molecule has 15 heteroatoms. The minimum absolute atomic E-state index is 0.0334. The first-order valence-corrected chi connectivity index (χ1v) is 18.3. The van der Waals surface area contributed by atoms with Crippen molar-refractivity contribution in [3.05, 3.63) is 114 Å². The maximum atomic E-state index is 14.3. The molecule has 14 nitrogen and oxygen atoms in total. The third-order valence-corrected chi connectivity index (χ3v) is 8.61. The van der Waals surface area contributed by atoms with Crippen LogP contribution in [0, 0.1) is 11.7 Å². The average molecular weight is 771 g/mol. The fourth-order valence-corrected chi connectivity index (χ4v) is 5.85. The van der Waals surface area contributed by atoms with Crippen molar-refractivity contribution < 1.29 is 33.2 Å². The smallest absolute Gasteiger partial charge is 0.253 e. The Hall–Kier alpha value is -6.38. The average Bonchev–Trinajstić information content (AvgIpc) is 3.15. The molecular weight excluding hydrogens is 719 g/mol. The van der Waals surface area contributed by atoms with E-state index in [0.717, 1.165) is 11.8 Å². The van der Waals surface area contributed by atoms with E-state index in [1.54, 1.807) is 60.7 Å². The van der Waals surface area contributed by atoms with Crippen LogP contribution in [-0.2, 0) is 41.6 Å². The third-order valence-electron chi connectivity index (χ3n) is 8.61. The standard InChI is InChI=1S/C41H51FN8O6/c1-26(2)23-33(38(54)47-32(37(43)53)15-10-22-46-41(44)45)48-39(55)34(24-29-13-8-5-9-14-29)49-40(56)35(25-30-16-19-31(42)20-17-30)50(27(3)51)36(52)21-18-28-11-6-4-7-12-28/h4-9,11-14,16-21,26,32-35H,10,15,22-25H2,1-3H3,(H2,43,53)(H,47,54)(H,48,55)(H,49,56)(H4,44,45,46)/b21-18+. The lowest BCUT2D eigenvalue weighted by Gasteiger charge is -2.30. The Balaban J connectivity index is 1.96. The Bertz CT molecular complexity index is 1850. The van der Waals surface area contributed by atoms with E-state index in [0.29, 0.717) is 23.1 Å². The summed E-state index contributed by atoms with van der Waals surface area (Å²) in [6.07, 6.45) is 3.07. The lowest BCUT2D eigenvalue weighted by molar-refractivity contribution is -0.148. The molecule has 3 aromatic rings. The van der Waals surface area contributed by atoms with E-state index >= 15 is 0 Å². The number of carbonyl (C=O) groups is 6. The molecule has 56 heavy (non-hydrogen) atoms. The normalized spacial score (nSPS) is 13.2. The van der Waals surface area contributed by atoms with Gasteiger partial charge in [0.1, 0.15) is 30.0 Å². The third kappa shape index (κ3) is 14.8. The van der Waals surface area contributed by atoms with Gasteiger partial charge in [0.2, 0.25) is 29.5 Å². The number of guanidine groups is 1. The molecular formula is C41H51FN8O6. The zero-order valence-electron chi connectivity index (χ0n) is 31.8. The maximum absolute atomic E-state index is 14.3. The summed E-state index contributed by atoms with van der Waals surface area (Å²) in [4.78, 5) is 85.8. The fourth-order valence-electron chi connectivity index (χ4n) is 5.85. The second kappa shape index (κ2) is 22.1. The van der Waals surface area contributed by atoms with Gasteiger partial charge in [0.05, 0.1) is 0 Å². The predicted molar refractivity (Wildman–Crippen MR) is 211 cm³/mol. The highest BCUT2D eigenvalue weighted by atomic mass is 19.1. The van der Waals surface area contributed by atoms with Crippen LogP contribution >= 0.6 is 0 Å². The Morgan fingerprint density at radius 1 is 0.732 bits per heavy atom. The zero-order valence-corrected chi connectivity index (χ0v) is 31.8.